The van der Waals surface area contributed by atoms with Crippen molar-refractivity contribution in [3.8, 4) is 5.75 Å². The third kappa shape index (κ3) is 6.55. The smallest absolute Gasteiger partial charge is 0.312 e. The number of aryl methyl sites for hydroxylation is 1. The van der Waals surface area contributed by atoms with Gasteiger partial charge in [0.1, 0.15) is 12.4 Å². The van der Waals surface area contributed by atoms with Crippen LogP contribution in [-0.2, 0) is 13.0 Å². The molecular weight excluding hydrogens is 638 g/mol. The summed E-state index contributed by atoms with van der Waals surface area (Å²) in [5, 5.41) is 27.4. The molecule has 0 radical (unpaired) electrons. The van der Waals surface area contributed by atoms with Crippen molar-refractivity contribution >= 4 is 60.4 Å². The molecule has 39 heavy (non-hydrogen) atoms. The minimum atomic E-state index is -0.582. The maximum absolute atomic E-state index is 13.3. The summed E-state index contributed by atoms with van der Waals surface area (Å²) in [6, 6.07) is 13.8. The Morgan fingerprint density at radius 3 is 2.46 bits per heavy atom. The number of fused-ring (bicyclic) bond motifs is 1. The average Bonchev–Trinajstić information content (AvgIpc) is 2.91. The molecule has 0 aliphatic carbocycles. The molecule has 0 aliphatic rings. The van der Waals surface area contributed by atoms with E-state index < -0.39 is 9.85 Å². The third-order valence-corrected chi connectivity index (χ3v) is 6.81. The monoisotopic (exact) mass is 657 g/mol. The molecule has 3 aromatic carbocycles. The van der Waals surface area contributed by atoms with Gasteiger partial charge in [0.15, 0.2) is 0 Å². The molecule has 0 saturated carbocycles. The maximum Gasteiger partial charge on any atom is 0.312 e. The number of non-ortho nitro benzene ring substituents is 1. The van der Waals surface area contributed by atoms with Crippen molar-refractivity contribution in [2.45, 2.75) is 32.8 Å². The molecule has 0 N–H and O–H groups in total. The Labute approximate surface area is 238 Å². The molecule has 0 fully saturated rings. The molecule has 4 rings (SSSR count). The number of ether oxygens (including phenoxy) is 1. The quantitative estimate of drug-likeness (QED) is 0.107. The van der Waals surface area contributed by atoms with E-state index in [0.717, 1.165) is 17.3 Å². The second-order valence-electron chi connectivity index (χ2n) is 8.47. The zero-order valence-corrected chi connectivity index (χ0v) is 23.7. The van der Waals surface area contributed by atoms with E-state index in [2.05, 4.69) is 41.9 Å². The van der Waals surface area contributed by atoms with Gasteiger partial charge in [-0.25, -0.2) is 4.98 Å². The molecule has 1 heterocycles. The van der Waals surface area contributed by atoms with Gasteiger partial charge in [-0.05, 0) is 64.3 Å². The number of benzene rings is 3. The summed E-state index contributed by atoms with van der Waals surface area (Å²) < 4.78 is 7.96. The number of hydrogen-bond donors (Lipinski definition) is 0. The summed E-state index contributed by atoms with van der Waals surface area (Å²) in [6.45, 7) is 1.99. The number of rotatable bonds is 10. The highest BCUT2D eigenvalue weighted by Crippen LogP contribution is 2.36. The van der Waals surface area contributed by atoms with E-state index in [1.165, 1.54) is 41.2 Å². The van der Waals surface area contributed by atoms with E-state index in [9.17, 15) is 25.0 Å². The van der Waals surface area contributed by atoms with Crippen molar-refractivity contribution in [1.29, 1.82) is 0 Å². The number of halogens is 2. The first-order chi connectivity index (χ1) is 18.7. The van der Waals surface area contributed by atoms with Crippen molar-refractivity contribution in [3.63, 3.8) is 0 Å². The molecule has 0 bridgehead atoms. The molecule has 0 atom stereocenters. The highest BCUT2D eigenvalue weighted by atomic mass is 79.9. The van der Waals surface area contributed by atoms with Gasteiger partial charge in [-0.15, -0.1) is 0 Å². The summed E-state index contributed by atoms with van der Waals surface area (Å²) >= 11 is 6.71. The van der Waals surface area contributed by atoms with E-state index in [1.54, 1.807) is 18.2 Å². The lowest BCUT2D eigenvalue weighted by Crippen LogP contribution is -2.22. The normalized spacial score (nSPS) is 11.3. The highest BCUT2D eigenvalue weighted by molar-refractivity contribution is 9.10. The van der Waals surface area contributed by atoms with E-state index in [-0.39, 0.29) is 29.3 Å². The van der Waals surface area contributed by atoms with Gasteiger partial charge >= 0.3 is 5.69 Å². The van der Waals surface area contributed by atoms with Crippen LogP contribution < -0.4 is 10.3 Å². The average molecular weight is 659 g/mol. The van der Waals surface area contributed by atoms with Gasteiger partial charge in [0.25, 0.3) is 11.2 Å². The van der Waals surface area contributed by atoms with Crippen molar-refractivity contribution in [2.75, 3.05) is 0 Å². The first-order valence-electron chi connectivity index (χ1n) is 11.8. The van der Waals surface area contributed by atoms with E-state index >= 15 is 0 Å². The second-order valence-corrected chi connectivity index (χ2v) is 10.2. The number of aromatic nitrogens is 2. The van der Waals surface area contributed by atoms with Crippen LogP contribution in [0.15, 0.2) is 73.4 Å². The van der Waals surface area contributed by atoms with Crippen LogP contribution in [0, 0.1) is 20.2 Å². The topological polar surface area (TPSA) is 143 Å². The Bertz CT molecular complexity index is 1650. The van der Waals surface area contributed by atoms with Crippen LogP contribution in [0.5, 0.6) is 5.75 Å². The van der Waals surface area contributed by atoms with Gasteiger partial charge in [-0.3, -0.25) is 25.0 Å². The van der Waals surface area contributed by atoms with Gasteiger partial charge in [0.2, 0.25) is 5.75 Å². The van der Waals surface area contributed by atoms with Crippen LogP contribution >= 0.6 is 31.9 Å². The zero-order valence-electron chi connectivity index (χ0n) is 20.5. The molecular formula is C26H21Br2N5O6. The van der Waals surface area contributed by atoms with Crippen LogP contribution in [0.4, 0.5) is 11.4 Å². The van der Waals surface area contributed by atoms with Gasteiger partial charge < -0.3 is 4.74 Å². The van der Waals surface area contributed by atoms with Crippen LogP contribution in [-0.4, -0.2) is 25.7 Å². The van der Waals surface area contributed by atoms with Gasteiger partial charge in [-0.2, -0.15) is 9.78 Å². The maximum atomic E-state index is 13.3. The molecule has 0 unspecified atom stereocenters. The van der Waals surface area contributed by atoms with E-state index in [0.29, 0.717) is 38.7 Å². The lowest BCUT2D eigenvalue weighted by atomic mass is 10.2. The zero-order chi connectivity index (χ0) is 28.1. The molecule has 4 aromatic rings. The van der Waals surface area contributed by atoms with Crippen molar-refractivity contribution in [2.24, 2.45) is 5.10 Å². The standard InChI is InChI=1S/C26H21Br2N5O6/c1-2-3-4-24-30-22-10-7-18(27)13-20(22)26(34)31(24)29-14-17-11-21(28)25(23(12-17)33(37)38)39-15-16-5-8-19(9-6-16)32(35)36/h5-14H,2-4,15H2,1H3. The minimum Gasteiger partial charge on any atom is -0.481 e. The molecule has 0 spiro atoms. The summed E-state index contributed by atoms with van der Waals surface area (Å²) in [5.41, 5.74) is 0.794. The van der Waals surface area contributed by atoms with Crippen molar-refractivity contribution < 1.29 is 14.6 Å². The highest BCUT2D eigenvalue weighted by Gasteiger charge is 2.21. The van der Waals surface area contributed by atoms with Crippen LogP contribution in [0.1, 0.15) is 36.7 Å². The lowest BCUT2D eigenvalue weighted by Gasteiger charge is -2.11. The summed E-state index contributed by atoms with van der Waals surface area (Å²) in [4.78, 5) is 39.5. The van der Waals surface area contributed by atoms with Crippen LogP contribution in [0.3, 0.4) is 0 Å². The van der Waals surface area contributed by atoms with Gasteiger partial charge in [0.05, 0.1) is 31.4 Å². The van der Waals surface area contributed by atoms with E-state index in [4.69, 9.17) is 4.74 Å². The van der Waals surface area contributed by atoms with Gasteiger partial charge in [-0.1, -0.05) is 29.3 Å². The molecule has 0 amide bonds. The largest absolute Gasteiger partial charge is 0.481 e. The fourth-order valence-corrected chi connectivity index (χ4v) is 4.70. The van der Waals surface area contributed by atoms with Crippen molar-refractivity contribution in [1.82, 2.24) is 9.66 Å². The summed E-state index contributed by atoms with van der Waals surface area (Å²) in [7, 11) is 0. The Kier molecular flexibility index (Phi) is 8.82. The van der Waals surface area contributed by atoms with Gasteiger partial charge in [0, 0.05) is 34.7 Å². The SMILES string of the molecule is CCCCc1nc2ccc(Br)cc2c(=O)n1N=Cc1cc(Br)c(OCc2ccc([N+](=O)[O-])cc2)c([N+](=O)[O-])c1. The predicted octanol–water partition coefficient (Wildman–Crippen LogP) is 6.54. The number of hydrogen-bond acceptors (Lipinski definition) is 8. The van der Waals surface area contributed by atoms with Crippen LogP contribution in [0.25, 0.3) is 10.9 Å². The Morgan fingerprint density at radius 2 is 1.79 bits per heavy atom. The number of nitro benzene ring substituents is 2. The molecule has 1 aromatic heterocycles. The number of unbranched alkanes of at least 4 members (excludes halogenated alkanes) is 1. The second kappa shape index (κ2) is 12.3. The fourth-order valence-electron chi connectivity index (χ4n) is 3.76. The lowest BCUT2D eigenvalue weighted by molar-refractivity contribution is -0.386. The summed E-state index contributed by atoms with van der Waals surface area (Å²) in [6.07, 6.45) is 3.61. The number of nitrogens with zero attached hydrogens (tertiary/aromatic N) is 5. The van der Waals surface area contributed by atoms with Crippen molar-refractivity contribution in [3.05, 3.63) is 111 Å². The number of nitro groups is 2. The van der Waals surface area contributed by atoms with Crippen LogP contribution in [0.2, 0.25) is 0 Å². The molecule has 200 valence electrons. The first-order valence-corrected chi connectivity index (χ1v) is 13.4. The molecule has 0 aliphatic heterocycles. The summed E-state index contributed by atoms with van der Waals surface area (Å²) in [5.74, 6) is 0.484. The third-order valence-electron chi connectivity index (χ3n) is 5.72. The van der Waals surface area contributed by atoms with E-state index in [1.807, 2.05) is 13.0 Å². The Balaban J connectivity index is 1.67. The Hall–Kier alpha value is -3.97. The molecule has 13 heteroatoms. The molecule has 11 nitrogen and oxygen atoms in total. The molecule has 0 saturated heterocycles. The first kappa shape index (κ1) is 28.0. The fraction of sp³-hybridized carbons (Fsp3) is 0.192. The predicted molar refractivity (Wildman–Crippen MR) is 154 cm³/mol. The minimum absolute atomic E-state index is 0.00599. The Morgan fingerprint density at radius 1 is 1.05 bits per heavy atom.